The molecule has 0 radical (unpaired) electrons. The van der Waals surface area contributed by atoms with Gasteiger partial charge in [-0.15, -0.1) is 0 Å². The molecule has 19 heavy (non-hydrogen) atoms. The average Bonchev–Trinajstić information content (AvgIpc) is 2.11. The van der Waals surface area contributed by atoms with Gasteiger partial charge in [0, 0.05) is 5.54 Å². The summed E-state index contributed by atoms with van der Waals surface area (Å²) in [6.45, 7) is 12.1. The van der Waals surface area contributed by atoms with Crippen LogP contribution in [0.1, 0.15) is 60.8 Å². The van der Waals surface area contributed by atoms with Crippen LogP contribution in [-0.4, -0.2) is 28.7 Å². The van der Waals surface area contributed by atoms with E-state index in [0.717, 1.165) is 6.42 Å². The summed E-state index contributed by atoms with van der Waals surface area (Å²) in [7, 11) is 0. The Morgan fingerprint density at radius 2 is 1.68 bits per heavy atom. The SMILES string of the molecule is CCC[C@@H](NC(=O)NC(C)(C)CC(C)(C)C)C(=O)O. The zero-order valence-electron chi connectivity index (χ0n) is 13.0. The molecule has 1 atom stereocenters. The summed E-state index contributed by atoms with van der Waals surface area (Å²) >= 11 is 0. The lowest BCUT2D eigenvalue weighted by atomic mass is 9.82. The molecule has 5 nitrogen and oxygen atoms in total. The van der Waals surface area contributed by atoms with Gasteiger partial charge in [0.1, 0.15) is 6.04 Å². The van der Waals surface area contributed by atoms with Gasteiger partial charge in [0.05, 0.1) is 0 Å². The number of rotatable bonds is 6. The van der Waals surface area contributed by atoms with Crippen LogP contribution in [0.3, 0.4) is 0 Å². The number of nitrogens with one attached hydrogen (secondary N) is 2. The molecule has 0 aliphatic heterocycles. The molecule has 0 aromatic rings. The van der Waals surface area contributed by atoms with Gasteiger partial charge in [0.25, 0.3) is 0 Å². The Bertz CT molecular complexity index is 319. The fourth-order valence-corrected chi connectivity index (χ4v) is 2.42. The Hall–Kier alpha value is -1.26. The molecule has 0 spiro atoms. The fraction of sp³-hybridized carbons (Fsp3) is 0.857. The normalized spacial score (nSPS) is 13.8. The van der Waals surface area contributed by atoms with Crippen molar-refractivity contribution in [3.8, 4) is 0 Å². The van der Waals surface area contributed by atoms with Crippen molar-refractivity contribution in [1.82, 2.24) is 10.6 Å². The van der Waals surface area contributed by atoms with Gasteiger partial charge >= 0.3 is 12.0 Å². The first kappa shape index (κ1) is 17.7. The fourth-order valence-electron chi connectivity index (χ4n) is 2.42. The van der Waals surface area contributed by atoms with Crippen molar-refractivity contribution in [2.45, 2.75) is 72.4 Å². The number of urea groups is 1. The first-order valence-electron chi connectivity index (χ1n) is 6.78. The van der Waals surface area contributed by atoms with Gasteiger partial charge in [-0.25, -0.2) is 9.59 Å². The average molecular weight is 272 g/mol. The Labute approximate surface area is 116 Å². The van der Waals surface area contributed by atoms with Crippen LogP contribution in [0.4, 0.5) is 4.79 Å². The molecule has 0 saturated heterocycles. The molecule has 0 rings (SSSR count). The smallest absolute Gasteiger partial charge is 0.326 e. The third-order valence-electron chi connectivity index (χ3n) is 2.60. The largest absolute Gasteiger partial charge is 0.480 e. The number of carboxylic acid groups (broad SMARTS) is 1. The molecular weight excluding hydrogens is 244 g/mol. The van der Waals surface area contributed by atoms with Crippen molar-refractivity contribution in [1.29, 1.82) is 0 Å². The van der Waals surface area contributed by atoms with E-state index in [1.165, 1.54) is 0 Å². The first-order chi connectivity index (χ1) is 8.47. The van der Waals surface area contributed by atoms with Crippen molar-refractivity contribution in [2.75, 3.05) is 0 Å². The van der Waals surface area contributed by atoms with Gasteiger partial charge in [-0.05, 0) is 32.1 Å². The van der Waals surface area contributed by atoms with Crippen molar-refractivity contribution >= 4 is 12.0 Å². The lowest BCUT2D eigenvalue weighted by Crippen LogP contribution is -2.53. The Morgan fingerprint density at radius 3 is 2.05 bits per heavy atom. The summed E-state index contributed by atoms with van der Waals surface area (Å²) in [6.07, 6.45) is 1.95. The highest BCUT2D eigenvalue weighted by Crippen LogP contribution is 2.26. The zero-order chi connectivity index (χ0) is 15.3. The van der Waals surface area contributed by atoms with Gasteiger partial charge in [-0.3, -0.25) is 0 Å². The van der Waals surface area contributed by atoms with E-state index in [0.29, 0.717) is 12.8 Å². The number of hydrogen-bond acceptors (Lipinski definition) is 2. The van der Waals surface area contributed by atoms with Gasteiger partial charge in [0.2, 0.25) is 0 Å². The molecule has 0 aromatic heterocycles. The quantitative estimate of drug-likeness (QED) is 0.695. The highest BCUT2D eigenvalue weighted by Gasteiger charge is 2.28. The second kappa shape index (κ2) is 6.78. The van der Waals surface area contributed by atoms with Crippen molar-refractivity contribution in [3.63, 3.8) is 0 Å². The molecule has 0 aliphatic rings. The standard InChI is InChI=1S/C14H28N2O3/c1-7-8-10(11(17)18)15-12(19)16-14(5,6)9-13(2,3)4/h10H,7-9H2,1-6H3,(H,17,18)(H2,15,16,19)/t10-/m1/s1. The van der Waals surface area contributed by atoms with Crippen LogP contribution in [0.15, 0.2) is 0 Å². The topological polar surface area (TPSA) is 78.4 Å². The molecule has 0 saturated carbocycles. The van der Waals surface area contributed by atoms with Crippen LogP contribution in [-0.2, 0) is 4.79 Å². The lowest BCUT2D eigenvalue weighted by molar-refractivity contribution is -0.139. The minimum Gasteiger partial charge on any atom is -0.480 e. The van der Waals surface area contributed by atoms with E-state index in [1.54, 1.807) is 0 Å². The molecule has 2 amide bonds. The summed E-state index contributed by atoms with van der Waals surface area (Å²) in [6, 6.07) is -1.24. The predicted molar refractivity (Wildman–Crippen MR) is 76.2 cm³/mol. The highest BCUT2D eigenvalue weighted by molar-refractivity contribution is 5.82. The minimum absolute atomic E-state index is 0.0897. The molecular formula is C14H28N2O3. The van der Waals surface area contributed by atoms with Gasteiger partial charge in [-0.2, -0.15) is 0 Å². The summed E-state index contributed by atoms with van der Waals surface area (Å²) in [4.78, 5) is 22.8. The first-order valence-corrected chi connectivity index (χ1v) is 6.78. The second-order valence-corrected chi connectivity index (χ2v) is 6.90. The number of carbonyl (C=O) groups excluding carboxylic acids is 1. The molecule has 0 fully saturated rings. The minimum atomic E-state index is -0.995. The van der Waals surface area contributed by atoms with E-state index in [2.05, 4.69) is 31.4 Å². The van der Waals surface area contributed by atoms with Crippen LogP contribution < -0.4 is 10.6 Å². The van der Waals surface area contributed by atoms with Crippen LogP contribution >= 0.6 is 0 Å². The molecule has 0 unspecified atom stereocenters. The number of aliphatic carboxylic acids is 1. The maximum absolute atomic E-state index is 11.8. The summed E-state index contributed by atoms with van der Waals surface area (Å²) in [5.74, 6) is -0.995. The number of hydrogen-bond donors (Lipinski definition) is 3. The van der Waals surface area contributed by atoms with E-state index < -0.39 is 18.0 Å². The molecule has 0 bridgehead atoms. The Morgan fingerprint density at radius 1 is 1.16 bits per heavy atom. The molecule has 0 aliphatic carbocycles. The van der Waals surface area contributed by atoms with Crippen molar-refractivity contribution in [2.24, 2.45) is 5.41 Å². The number of carboxylic acids is 1. The third-order valence-corrected chi connectivity index (χ3v) is 2.60. The van der Waals surface area contributed by atoms with E-state index in [1.807, 2.05) is 20.8 Å². The van der Waals surface area contributed by atoms with Gasteiger partial charge in [-0.1, -0.05) is 34.1 Å². The van der Waals surface area contributed by atoms with E-state index in [4.69, 9.17) is 5.11 Å². The molecule has 3 N–H and O–H groups in total. The highest BCUT2D eigenvalue weighted by atomic mass is 16.4. The molecule has 0 heterocycles. The Kier molecular flexibility index (Phi) is 6.33. The second-order valence-electron chi connectivity index (χ2n) is 6.90. The van der Waals surface area contributed by atoms with Gasteiger partial charge in [0.15, 0.2) is 0 Å². The summed E-state index contributed by atoms with van der Waals surface area (Å²) in [5, 5.41) is 14.3. The summed E-state index contributed by atoms with van der Waals surface area (Å²) in [5.41, 5.74) is -0.288. The lowest BCUT2D eigenvalue weighted by Gasteiger charge is -2.33. The molecule has 5 heteroatoms. The van der Waals surface area contributed by atoms with E-state index >= 15 is 0 Å². The predicted octanol–water partition coefficient (Wildman–Crippen LogP) is 2.75. The van der Waals surface area contributed by atoms with Crippen molar-refractivity contribution in [3.05, 3.63) is 0 Å². The monoisotopic (exact) mass is 272 g/mol. The van der Waals surface area contributed by atoms with Crippen LogP contribution in [0.25, 0.3) is 0 Å². The number of amides is 2. The maximum atomic E-state index is 11.8. The Balaban J connectivity index is 4.47. The zero-order valence-corrected chi connectivity index (χ0v) is 13.0. The molecule has 0 aromatic carbocycles. The van der Waals surface area contributed by atoms with Crippen LogP contribution in [0.2, 0.25) is 0 Å². The van der Waals surface area contributed by atoms with E-state index in [-0.39, 0.29) is 11.0 Å². The summed E-state index contributed by atoms with van der Waals surface area (Å²) < 4.78 is 0. The van der Waals surface area contributed by atoms with Crippen LogP contribution in [0, 0.1) is 5.41 Å². The van der Waals surface area contributed by atoms with E-state index in [9.17, 15) is 9.59 Å². The van der Waals surface area contributed by atoms with Crippen molar-refractivity contribution < 1.29 is 14.7 Å². The maximum Gasteiger partial charge on any atom is 0.326 e. The van der Waals surface area contributed by atoms with Gasteiger partial charge < -0.3 is 15.7 Å². The van der Waals surface area contributed by atoms with Crippen LogP contribution in [0.5, 0.6) is 0 Å². The number of carbonyl (C=O) groups is 2. The molecule has 112 valence electrons. The third kappa shape index (κ3) is 8.46.